The quantitative estimate of drug-likeness (QED) is 0.505. The summed E-state index contributed by atoms with van der Waals surface area (Å²) in [7, 11) is 1.74. The number of benzene rings is 1. The van der Waals surface area contributed by atoms with E-state index in [0.717, 1.165) is 37.4 Å². The average molecular weight is 445 g/mol. The number of hydrogen-bond donors (Lipinski definition) is 2. The first kappa shape index (κ1) is 22.1. The van der Waals surface area contributed by atoms with E-state index >= 15 is 0 Å². The molecule has 7 nitrogen and oxygen atoms in total. The predicted molar refractivity (Wildman–Crippen MR) is 123 cm³/mol. The minimum Gasteiger partial charge on any atom is -0.433 e. The van der Waals surface area contributed by atoms with Gasteiger partial charge in [-0.1, -0.05) is 18.2 Å². The maximum atomic E-state index is 12.7. The van der Waals surface area contributed by atoms with E-state index in [9.17, 15) is 8.78 Å². The lowest BCUT2D eigenvalue weighted by Crippen LogP contribution is -2.44. The summed E-state index contributed by atoms with van der Waals surface area (Å²) in [6, 6.07) is 11.2. The highest BCUT2D eigenvalue weighted by molar-refractivity contribution is 5.80. The van der Waals surface area contributed by atoms with Crippen LogP contribution in [-0.2, 0) is 6.54 Å². The third-order valence-electron chi connectivity index (χ3n) is 5.87. The fourth-order valence-electron chi connectivity index (χ4n) is 4.24. The number of alkyl halides is 2. The van der Waals surface area contributed by atoms with Crippen molar-refractivity contribution in [2.75, 3.05) is 43.0 Å². The zero-order valence-electron chi connectivity index (χ0n) is 18.3. The molecule has 0 saturated carbocycles. The lowest BCUT2D eigenvalue weighted by atomic mass is 10.2. The van der Waals surface area contributed by atoms with E-state index in [1.54, 1.807) is 19.2 Å². The molecular formula is C23H30F2N6O. The molecule has 2 N–H and O–H groups in total. The summed E-state index contributed by atoms with van der Waals surface area (Å²) in [5.41, 5.74) is 1.77. The number of anilines is 2. The Balaban J connectivity index is 1.28. The molecule has 0 radical (unpaired) electrons. The van der Waals surface area contributed by atoms with Crippen LogP contribution in [-0.4, -0.2) is 56.8 Å². The standard InChI is InChI=1S/C23H30F2N6O/c1-26-23(28-15-17-8-9-21(27-14-17)30-11-4-5-12-30)29-18-10-13-31(16-18)19-6-2-3-7-20(19)32-22(24)25/h2-3,6-9,14,18,22H,4-5,10-13,15-16H2,1H3,(H2,26,28,29). The van der Waals surface area contributed by atoms with E-state index in [1.807, 2.05) is 18.3 Å². The highest BCUT2D eigenvalue weighted by Crippen LogP contribution is 2.31. The second kappa shape index (κ2) is 10.5. The molecule has 32 heavy (non-hydrogen) atoms. The average Bonchev–Trinajstić information content (AvgIpc) is 3.49. The van der Waals surface area contributed by atoms with Crippen LogP contribution in [0.2, 0.25) is 0 Å². The largest absolute Gasteiger partial charge is 0.433 e. The van der Waals surface area contributed by atoms with E-state index in [2.05, 4.69) is 47.3 Å². The molecule has 4 rings (SSSR count). The van der Waals surface area contributed by atoms with Crippen molar-refractivity contribution < 1.29 is 13.5 Å². The first-order chi connectivity index (χ1) is 15.6. The molecule has 1 unspecified atom stereocenters. The summed E-state index contributed by atoms with van der Waals surface area (Å²) in [6.45, 7) is 1.37. The Morgan fingerprint density at radius 2 is 1.97 bits per heavy atom. The van der Waals surface area contributed by atoms with E-state index in [0.29, 0.717) is 24.7 Å². The van der Waals surface area contributed by atoms with Crippen molar-refractivity contribution in [1.82, 2.24) is 15.6 Å². The number of pyridine rings is 1. The molecule has 0 amide bonds. The molecule has 1 atom stereocenters. The van der Waals surface area contributed by atoms with Gasteiger partial charge >= 0.3 is 6.61 Å². The number of aromatic nitrogens is 1. The smallest absolute Gasteiger partial charge is 0.387 e. The molecule has 2 aliphatic heterocycles. The molecule has 0 aliphatic carbocycles. The zero-order chi connectivity index (χ0) is 22.3. The molecule has 3 heterocycles. The summed E-state index contributed by atoms with van der Waals surface area (Å²) < 4.78 is 30.1. The molecule has 2 aliphatic rings. The summed E-state index contributed by atoms with van der Waals surface area (Å²) in [4.78, 5) is 13.3. The maximum absolute atomic E-state index is 12.7. The molecule has 172 valence electrons. The second-order valence-corrected chi connectivity index (χ2v) is 8.07. The summed E-state index contributed by atoms with van der Waals surface area (Å²) in [5.74, 6) is 1.95. The van der Waals surface area contributed by atoms with Crippen molar-refractivity contribution in [3.8, 4) is 5.75 Å². The van der Waals surface area contributed by atoms with Crippen LogP contribution in [0.1, 0.15) is 24.8 Å². The van der Waals surface area contributed by atoms with E-state index in [1.165, 1.54) is 12.8 Å². The van der Waals surface area contributed by atoms with Crippen molar-refractivity contribution >= 4 is 17.5 Å². The molecular weight excluding hydrogens is 414 g/mol. The van der Waals surface area contributed by atoms with Crippen LogP contribution in [0.5, 0.6) is 5.75 Å². The summed E-state index contributed by atoms with van der Waals surface area (Å²) in [5, 5.41) is 6.77. The van der Waals surface area contributed by atoms with Crippen molar-refractivity contribution in [2.24, 2.45) is 4.99 Å². The second-order valence-electron chi connectivity index (χ2n) is 8.07. The SMILES string of the molecule is CN=C(NCc1ccc(N2CCCC2)nc1)NC1CCN(c2ccccc2OC(F)F)C1. The minimum atomic E-state index is -2.84. The van der Waals surface area contributed by atoms with Crippen molar-refractivity contribution in [3.05, 3.63) is 48.2 Å². The zero-order valence-corrected chi connectivity index (χ0v) is 18.3. The Hall–Kier alpha value is -3.10. The molecule has 0 bridgehead atoms. The number of ether oxygens (including phenoxy) is 1. The molecule has 2 fully saturated rings. The Labute approximate surface area is 187 Å². The molecule has 1 aromatic carbocycles. The van der Waals surface area contributed by atoms with Gasteiger partial charge in [0.05, 0.1) is 5.69 Å². The summed E-state index contributed by atoms with van der Waals surface area (Å²) in [6.07, 6.45) is 5.24. The maximum Gasteiger partial charge on any atom is 0.387 e. The van der Waals surface area contributed by atoms with Gasteiger partial charge in [-0.25, -0.2) is 4.98 Å². The van der Waals surface area contributed by atoms with Crippen LogP contribution in [0.4, 0.5) is 20.3 Å². The highest BCUT2D eigenvalue weighted by atomic mass is 19.3. The van der Waals surface area contributed by atoms with Crippen LogP contribution >= 0.6 is 0 Å². The van der Waals surface area contributed by atoms with E-state index in [4.69, 9.17) is 0 Å². The number of aliphatic imine (C=N–C) groups is 1. The van der Waals surface area contributed by atoms with Gasteiger partial charge in [-0.05, 0) is 43.0 Å². The molecule has 2 saturated heterocycles. The van der Waals surface area contributed by atoms with Crippen LogP contribution in [0.25, 0.3) is 0 Å². The number of rotatable bonds is 7. The summed E-state index contributed by atoms with van der Waals surface area (Å²) >= 11 is 0. The van der Waals surface area contributed by atoms with Crippen molar-refractivity contribution in [2.45, 2.75) is 38.5 Å². The first-order valence-corrected chi connectivity index (χ1v) is 11.1. The number of para-hydroxylation sites is 2. The van der Waals surface area contributed by atoms with Gasteiger partial charge in [0, 0.05) is 52.0 Å². The third kappa shape index (κ3) is 5.57. The van der Waals surface area contributed by atoms with Crippen molar-refractivity contribution in [1.29, 1.82) is 0 Å². The predicted octanol–water partition coefficient (Wildman–Crippen LogP) is 3.23. The normalized spacial score (nSPS) is 19.0. The van der Waals surface area contributed by atoms with Crippen LogP contribution in [0.15, 0.2) is 47.6 Å². The Kier molecular flexibility index (Phi) is 7.24. The van der Waals surface area contributed by atoms with Gasteiger partial charge in [0.15, 0.2) is 5.96 Å². The third-order valence-corrected chi connectivity index (χ3v) is 5.87. The van der Waals surface area contributed by atoms with Crippen LogP contribution in [0, 0.1) is 0 Å². The van der Waals surface area contributed by atoms with Gasteiger partial charge in [0.1, 0.15) is 11.6 Å². The Morgan fingerprint density at radius 3 is 2.69 bits per heavy atom. The highest BCUT2D eigenvalue weighted by Gasteiger charge is 2.26. The van der Waals surface area contributed by atoms with Crippen LogP contribution < -0.4 is 25.2 Å². The number of halogens is 2. The molecule has 9 heteroatoms. The van der Waals surface area contributed by atoms with Gasteiger partial charge < -0.3 is 25.2 Å². The van der Waals surface area contributed by atoms with Crippen molar-refractivity contribution in [3.63, 3.8) is 0 Å². The molecule has 2 aromatic rings. The van der Waals surface area contributed by atoms with Crippen LogP contribution in [0.3, 0.4) is 0 Å². The molecule has 1 aromatic heterocycles. The van der Waals surface area contributed by atoms with Gasteiger partial charge in [-0.15, -0.1) is 0 Å². The first-order valence-electron chi connectivity index (χ1n) is 11.1. The number of nitrogens with one attached hydrogen (secondary N) is 2. The minimum absolute atomic E-state index is 0.150. The van der Waals surface area contributed by atoms with Gasteiger partial charge in [-0.2, -0.15) is 8.78 Å². The molecule has 0 spiro atoms. The lowest BCUT2D eigenvalue weighted by molar-refractivity contribution is -0.0495. The monoisotopic (exact) mass is 444 g/mol. The fourth-order valence-corrected chi connectivity index (χ4v) is 4.24. The van der Waals surface area contributed by atoms with E-state index < -0.39 is 6.61 Å². The fraction of sp³-hybridized carbons (Fsp3) is 0.478. The Bertz CT molecular complexity index is 902. The number of guanidine groups is 1. The number of nitrogens with zero attached hydrogens (tertiary/aromatic N) is 4. The van der Waals surface area contributed by atoms with Gasteiger partial charge in [-0.3, -0.25) is 4.99 Å². The topological polar surface area (TPSA) is 65.0 Å². The number of hydrogen-bond acceptors (Lipinski definition) is 5. The van der Waals surface area contributed by atoms with Gasteiger partial charge in [0.2, 0.25) is 0 Å². The lowest BCUT2D eigenvalue weighted by Gasteiger charge is -2.22. The van der Waals surface area contributed by atoms with E-state index in [-0.39, 0.29) is 11.8 Å². The van der Waals surface area contributed by atoms with Gasteiger partial charge in [0.25, 0.3) is 0 Å². The Morgan fingerprint density at radius 1 is 1.16 bits per heavy atom.